The second kappa shape index (κ2) is 8.40. The van der Waals surface area contributed by atoms with E-state index < -0.39 is 11.7 Å². The summed E-state index contributed by atoms with van der Waals surface area (Å²) in [7, 11) is 1.66. The van der Waals surface area contributed by atoms with Crippen LogP contribution in [0.5, 0.6) is 11.5 Å². The Morgan fingerprint density at radius 2 is 1.75 bits per heavy atom. The van der Waals surface area contributed by atoms with Crippen LogP contribution >= 0.6 is 0 Å². The van der Waals surface area contributed by atoms with Gasteiger partial charge in [0.25, 0.3) is 11.5 Å². The number of ether oxygens (including phenoxy) is 1. The van der Waals surface area contributed by atoms with Gasteiger partial charge in [-0.25, -0.2) is 4.39 Å². The molecule has 1 amide bonds. The Hall–Kier alpha value is -4.37. The van der Waals surface area contributed by atoms with Crippen molar-refractivity contribution in [2.45, 2.75) is 6.92 Å². The topological polar surface area (TPSA) is 60.3 Å². The summed E-state index contributed by atoms with van der Waals surface area (Å²) in [5, 5.41) is 3.84. The minimum absolute atomic E-state index is 0.0615. The molecular formula is C26H19FN2O3. The van der Waals surface area contributed by atoms with E-state index >= 15 is 0 Å². The molecule has 1 heterocycles. The van der Waals surface area contributed by atoms with Crippen LogP contribution in [0.1, 0.15) is 5.56 Å². The number of aryl methyl sites for hydroxylation is 2. The van der Waals surface area contributed by atoms with Crippen molar-refractivity contribution in [3.63, 3.8) is 0 Å². The number of rotatable bonds is 4. The minimum atomic E-state index is -0.598. The highest BCUT2D eigenvalue weighted by molar-refractivity contribution is 6.04. The zero-order valence-electron chi connectivity index (χ0n) is 17.5. The van der Waals surface area contributed by atoms with E-state index in [4.69, 9.17) is 11.2 Å². The predicted molar refractivity (Wildman–Crippen MR) is 123 cm³/mol. The van der Waals surface area contributed by atoms with Crippen molar-refractivity contribution in [3.05, 3.63) is 88.6 Å². The number of aromatic nitrogens is 1. The van der Waals surface area contributed by atoms with E-state index in [1.807, 2.05) is 18.1 Å². The molecule has 0 unspecified atom stereocenters. The third-order valence-electron chi connectivity index (χ3n) is 5.06. The maximum atomic E-state index is 14.5. The number of carbonyl (C=O) groups excluding carboxylic acids is 1. The molecule has 0 aliphatic carbocycles. The second-order valence-electron chi connectivity index (χ2n) is 7.35. The number of fused-ring (bicyclic) bond motifs is 1. The number of terminal acetylenes is 1. The van der Waals surface area contributed by atoms with Crippen LogP contribution in [0.4, 0.5) is 10.1 Å². The highest BCUT2D eigenvalue weighted by atomic mass is 19.1. The largest absolute Gasteiger partial charge is 0.454 e. The monoisotopic (exact) mass is 426 g/mol. The van der Waals surface area contributed by atoms with Crippen molar-refractivity contribution in [2.75, 3.05) is 5.32 Å². The lowest BCUT2D eigenvalue weighted by Crippen LogP contribution is -2.16. The van der Waals surface area contributed by atoms with Crippen LogP contribution < -0.4 is 15.6 Å². The molecule has 1 N–H and O–H groups in total. The van der Waals surface area contributed by atoms with Gasteiger partial charge in [-0.1, -0.05) is 24.3 Å². The highest BCUT2D eigenvalue weighted by Gasteiger charge is 2.16. The molecule has 32 heavy (non-hydrogen) atoms. The van der Waals surface area contributed by atoms with Gasteiger partial charge in [0.1, 0.15) is 5.75 Å². The van der Waals surface area contributed by atoms with Gasteiger partial charge < -0.3 is 14.6 Å². The summed E-state index contributed by atoms with van der Waals surface area (Å²) in [5.41, 5.74) is 2.31. The smallest absolute Gasteiger partial charge is 0.300 e. The number of benzene rings is 3. The molecule has 0 aliphatic heterocycles. The number of nitrogens with one attached hydrogen (secondary N) is 1. The van der Waals surface area contributed by atoms with Crippen LogP contribution in [-0.4, -0.2) is 10.5 Å². The van der Waals surface area contributed by atoms with Gasteiger partial charge in [0.15, 0.2) is 11.6 Å². The number of carbonyl (C=O) groups is 1. The van der Waals surface area contributed by atoms with Gasteiger partial charge in [0.2, 0.25) is 0 Å². The maximum Gasteiger partial charge on any atom is 0.300 e. The fraction of sp³-hybridized carbons (Fsp3) is 0.0769. The Balaban J connectivity index is 1.95. The van der Waals surface area contributed by atoms with Crippen LogP contribution in [0.3, 0.4) is 0 Å². The van der Waals surface area contributed by atoms with E-state index in [0.29, 0.717) is 33.3 Å². The Labute approximate surface area is 184 Å². The summed E-state index contributed by atoms with van der Waals surface area (Å²) >= 11 is 0. The van der Waals surface area contributed by atoms with E-state index in [1.165, 1.54) is 10.6 Å². The molecule has 0 atom stereocenters. The quantitative estimate of drug-likeness (QED) is 0.467. The van der Waals surface area contributed by atoms with E-state index in [-0.39, 0.29) is 11.3 Å². The molecule has 6 heteroatoms. The number of anilines is 1. The lowest BCUT2D eigenvalue weighted by Gasteiger charge is -2.16. The van der Waals surface area contributed by atoms with Crippen LogP contribution in [0.2, 0.25) is 0 Å². The highest BCUT2D eigenvalue weighted by Crippen LogP contribution is 2.39. The number of halogens is 1. The molecule has 1 aromatic heterocycles. The van der Waals surface area contributed by atoms with E-state index in [0.717, 1.165) is 5.56 Å². The lowest BCUT2D eigenvalue weighted by atomic mass is 9.99. The molecule has 0 bridgehead atoms. The number of hydrogen-bond acceptors (Lipinski definition) is 3. The molecule has 0 radical (unpaired) electrons. The number of nitrogens with zero attached hydrogens (tertiary/aromatic N) is 1. The van der Waals surface area contributed by atoms with Crippen LogP contribution in [0.15, 0.2) is 71.7 Å². The Bertz CT molecular complexity index is 1460. The molecule has 0 saturated heterocycles. The Kier molecular flexibility index (Phi) is 5.48. The number of pyridine rings is 1. The maximum absolute atomic E-state index is 14.5. The second-order valence-corrected chi connectivity index (χ2v) is 7.35. The third-order valence-corrected chi connectivity index (χ3v) is 5.06. The Morgan fingerprint density at radius 3 is 2.47 bits per heavy atom. The first-order valence-corrected chi connectivity index (χ1v) is 9.82. The van der Waals surface area contributed by atoms with E-state index in [1.54, 1.807) is 62.6 Å². The summed E-state index contributed by atoms with van der Waals surface area (Å²) in [4.78, 5) is 24.3. The van der Waals surface area contributed by atoms with Crippen molar-refractivity contribution < 1.29 is 13.9 Å². The van der Waals surface area contributed by atoms with E-state index in [2.05, 4.69) is 5.32 Å². The fourth-order valence-corrected chi connectivity index (χ4v) is 3.51. The predicted octanol–water partition coefficient (Wildman–Crippen LogP) is 5.02. The van der Waals surface area contributed by atoms with E-state index in [9.17, 15) is 14.0 Å². The molecule has 0 saturated carbocycles. The molecular weight excluding hydrogens is 407 g/mol. The summed E-state index contributed by atoms with van der Waals surface area (Å²) < 4.78 is 21.9. The summed E-state index contributed by atoms with van der Waals surface area (Å²) in [6.07, 6.45) is 6.86. The first-order chi connectivity index (χ1) is 15.4. The summed E-state index contributed by atoms with van der Waals surface area (Å²) in [6, 6.07) is 16.8. The van der Waals surface area contributed by atoms with Crippen molar-refractivity contribution in [2.24, 2.45) is 7.05 Å². The van der Waals surface area contributed by atoms with Crippen molar-refractivity contribution in [1.82, 2.24) is 4.57 Å². The Morgan fingerprint density at radius 1 is 1.03 bits per heavy atom. The molecule has 4 rings (SSSR count). The standard InChI is InChI=1S/C26H19FN2O3/c1-4-25(30)28-17-10-12-23(32-24-11-9-16(2)13-22(24)27)20(14-17)21-15-29(3)26(31)19-8-6-5-7-18(19)21/h1,5-15H,2-3H3,(H,28,30). The molecule has 0 fully saturated rings. The van der Waals surface area contributed by atoms with Crippen molar-refractivity contribution in [1.29, 1.82) is 0 Å². The third kappa shape index (κ3) is 3.96. The van der Waals surface area contributed by atoms with Gasteiger partial charge in [-0.05, 0) is 60.2 Å². The molecule has 4 aromatic rings. The van der Waals surface area contributed by atoms with Crippen molar-refractivity contribution in [3.8, 4) is 35.0 Å². The van der Waals surface area contributed by atoms with Crippen LogP contribution in [0.25, 0.3) is 21.9 Å². The van der Waals surface area contributed by atoms with Crippen molar-refractivity contribution >= 4 is 22.4 Å². The van der Waals surface area contributed by atoms with Gasteiger partial charge in [-0.15, -0.1) is 6.42 Å². The first-order valence-electron chi connectivity index (χ1n) is 9.82. The normalized spacial score (nSPS) is 10.6. The summed E-state index contributed by atoms with van der Waals surface area (Å²) in [6.45, 7) is 1.79. The molecule has 5 nitrogen and oxygen atoms in total. The number of hydrogen-bond donors (Lipinski definition) is 1. The van der Waals surface area contributed by atoms with Crippen LogP contribution in [-0.2, 0) is 11.8 Å². The molecule has 0 aliphatic rings. The van der Waals surface area contributed by atoms with Gasteiger partial charge in [-0.3, -0.25) is 9.59 Å². The molecule has 158 valence electrons. The SMILES string of the molecule is C#CC(=O)Nc1ccc(Oc2ccc(C)cc2F)c(-c2cn(C)c(=O)c3ccccc23)c1. The average molecular weight is 426 g/mol. The average Bonchev–Trinajstić information content (AvgIpc) is 2.79. The first kappa shape index (κ1) is 20.9. The fourth-order valence-electron chi connectivity index (χ4n) is 3.51. The zero-order chi connectivity index (χ0) is 22.8. The summed E-state index contributed by atoms with van der Waals surface area (Å²) in [5.74, 6) is 1.34. The minimum Gasteiger partial charge on any atom is -0.454 e. The lowest BCUT2D eigenvalue weighted by molar-refractivity contribution is -0.111. The van der Waals surface area contributed by atoms with Gasteiger partial charge >= 0.3 is 0 Å². The molecule has 0 spiro atoms. The van der Waals surface area contributed by atoms with Gasteiger partial charge in [-0.2, -0.15) is 0 Å². The van der Waals surface area contributed by atoms with Crippen LogP contribution in [0, 0.1) is 25.1 Å². The number of amides is 1. The van der Waals surface area contributed by atoms with Gasteiger partial charge in [0, 0.05) is 35.4 Å². The van der Waals surface area contributed by atoms with Gasteiger partial charge in [0.05, 0.1) is 0 Å². The zero-order valence-corrected chi connectivity index (χ0v) is 17.5. The molecule has 3 aromatic carbocycles.